The number of hydrogen-bond acceptors (Lipinski definition) is 3. The molecule has 0 saturated heterocycles. The molecule has 3 rings (SSSR count). The summed E-state index contributed by atoms with van der Waals surface area (Å²) >= 11 is 0. The third kappa shape index (κ3) is 2.95. The number of amides is 1. The van der Waals surface area contributed by atoms with E-state index in [-0.39, 0.29) is 11.8 Å². The number of pyridine rings is 1. The second-order valence-electron chi connectivity index (χ2n) is 5.22. The molecule has 1 aliphatic carbocycles. The number of alkyl halides is 3. The first kappa shape index (κ1) is 14.6. The first-order chi connectivity index (χ1) is 10.3. The van der Waals surface area contributed by atoms with E-state index in [1.807, 2.05) is 0 Å². The van der Waals surface area contributed by atoms with Gasteiger partial charge in [0.15, 0.2) is 11.5 Å². The minimum Gasteiger partial charge on any atom is -0.325 e. The Labute approximate surface area is 124 Å². The van der Waals surface area contributed by atoms with Gasteiger partial charge in [-0.25, -0.2) is 9.67 Å². The smallest absolute Gasteiger partial charge is 0.325 e. The molecule has 2 aromatic heterocycles. The zero-order valence-electron chi connectivity index (χ0n) is 11.7. The predicted octanol–water partition coefficient (Wildman–Crippen LogP) is 3.12. The fraction of sp³-hybridized carbons (Fsp3) is 0.357. The van der Waals surface area contributed by atoms with E-state index in [0.29, 0.717) is 17.2 Å². The second kappa shape index (κ2) is 5.11. The van der Waals surface area contributed by atoms with E-state index >= 15 is 0 Å². The lowest BCUT2D eigenvalue weighted by Crippen LogP contribution is -2.09. The molecule has 0 aromatic carbocycles. The molecule has 0 atom stereocenters. The monoisotopic (exact) mass is 310 g/mol. The summed E-state index contributed by atoms with van der Waals surface area (Å²) in [5, 5.41) is 6.20. The van der Waals surface area contributed by atoms with Crippen LogP contribution in [0.1, 0.15) is 37.1 Å². The molecule has 0 spiro atoms. The molecule has 2 aromatic rings. The van der Waals surface area contributed by atoms with Crippen molar-refractivity contribution in [3.05, 3.63) is 35.8 Å². The number of anilines is 1. The number of aromatic nitrogens is 3. The average Bonchev–Trinajstić information content (AvgIpc) is 3.16. The first-order valence-corrected chi connectivity index (χ1v) is 6.76. The summed E-state index contributed by atoms with van der Waals surface area (Å²) in [4.78, 5) is 15.0. The van der Waals surface area contributed by atoms with Crippen molar-refractivity contribution in [3.8, 4) is 5.82 Å². The molecule has 1 N–H and O–H groups in total. The Morgan fingerprint density at radius 3 is 2.59 bits per heavy atom. The lowest BCUT2D eigenvalue weighted by atomic mass is 10.2. The highest BCUT2D eigenvalue weighted by molar-refractivity contribution is 5.88. The summed E-state index contributed by atoms with van der Waals surface area (Å²) in [5.41, 5.74) is 0.0849. The largest absolute Gasteiger partial charge is 0.435 e. The predicted molar refractivity (Wildman–Crippen MR) is 72.6 cm³/mol. The van der Waals surface area contributed by atoms with Crippen LogP contribution in [-0.4, -0.2) is 20.7 Å². The van der Waals surface area contributed by atoms with Gasteiger partial charge in [0.2, 0.25) is 5.91 Å². The maximum atomic E-state index is 12.8. The Bertz CT molecular complexity index is 702. The van der Waals surface area contributed by atoms with Gasteiger partial charge >= 0.3 is 6.18 Å². The Kier molecular flexibility index (Phi) is 3.38. The summed E-state index contributed by atoms with van der Waals surface area (Å²) < 4.78 is 39.8. The molecule has 1 amide bonds. The maximum Gasteiger partial charge on any atom is 0.435 e. The second-order valence-corrected chi connectivity index (χ2v) is 5.22. The fourth-order valence-corrected chi connectivity index (χ4v) is 2.18. The maximum absolute atomic E-state index is 12.8. The molecule has 5 nitrogen and oxygen atoms in total. The normalized spacial score (nSPS) is 14.9. The van der Waals surface area contributed by atoms with Gasteiger partial charge in [-0.05, 0) is 31.0 Å². The van der Waals surface area contributed by atoms with Gasteiger partial charge < -0.3 is 5.32 Å². The van der Waals surface area contributed by atoms with E-state index in [0.717, 1.165) is 18.9 Å². The number of rotatable bonds is 3. The molecule has 0 radical (unpaired) electrons. The Hall–Kier alpha value is -2.38. The van der Waals surface area contributed by atoms with Gasteiger partial charge in [0.05, 0.1) is 11.9 Å². The number of nitrogens with one attached hydrogen (secondary N) is 1. The molecule has 0 aliphatic heterocycles. The van der Waals surface area contributed by atoms with Gasteiger partial charge in [0.1, 0.15) is 0 Å². The van der Waals surface area contributed by atoms with Crippen LogP contribution in [0.5, 0.6) is 0 Å². The molecule has 0 bridgehead atoms. The van der Waals surface area contributed by atoms with E-state index in [9.17, 15) is 18.0 Å². The van der Waals surface area contributed by atoms with Crippen molar-refractivity contribution < 1.29 is 18.0 Å². The van der Waals surface area contributed by atoms with Crippen LogP contribution >= 0.6 is 0 Å². The van der Waals surface area contributed by atoms with Crippen molar-refractivity contribution in [1.82, 2.24) is 14.8 Å². The summed E-state index contributed by atoms with van der Waals surface area (Å²) in [7, 11) is 0. The standard InChI is InChI=1S/C14H13F3N4O/c1-8(22)19-10-4-5-13(18-7-10)21-11(9-2-3-9)6-12(20-21)14(15,16)17/h4-7,9H,2-3H2,1H3,(H,19,22). The van der Waals surface area contributed by atoms with Crippen molar-refractivity contribution in [2.24, 2.45) is 0 Å². The number of carbonyl (C=O) groups is 1. The molecule has 0 unspecified atom stereocenters. The third-order valence-electron chi connectivity index (χ3n) is 3.31. The Morgan fingerprint density at radius 2 is 2.09 bits per heavy atom. The van der Waals surface area contributed by atoms with Crippen molar-refractivity contribution in [1.29, 1.82) is 0 Å². The van der Waals surface area contributed by atoms with E-state index in [1.54, 1.807) is 6.07 Å². The summed E-state index contributed by atoms with van der Waals surface area (Å²) in [6.07, 6.45) is -1.38. The summed E-state index contributed by atoms with van der Waals surface area (Å²) in [6, 6.07) is 4.20. The van der Waals surface area contributed by atoms with Crippen LogP contribution in [0, 0.1) is 0 Å². The van der Waals surface area contributed by atoms with Crippen molar-refractivity contribution in [2.45, 2.75) is 31.9 Å². The summed E-state index contributed by atoms with van der Waals surface area (Å²) in [5.74, 6) is 0.151. The minimum absolute atomic E-state index is 0.0976. The molecule has 116 valence electrons. The van der Waals surface area contributed by atoms with Crippen molar-refractivity contribution >= 4 is 11.6 Å². The lowest BCUT2D eigenvalue weighted by molar-refractivity contribution is -0.141. The van der Waals surface area contributed by atoms with E-state index < -0.39 is 11.9 Å². The summed E-state index contributed by atoms with van der Waals surface area (Å²) in [6.45, 7) is 1.36. The zero-order chi connectivity index (χ0) is 15.9. The van der Waals surface area contributed by atoms with Gasteiger partial charge in [-0.1, -0.05) is 0 Å². The van der Waals surface area contributed by atoms with E-state index in [4.69, 9.17) is 0 Å². The molecular formula is C14H13F3N4O. The third-order valence-corrected chi connectivity index (χ3v) is 3.31. The molecule has 22 heavy (non-hydrogen) atoms. The van der Waals surface area contributed by atoms with Crippen LogP contribution in [0.3, 0.4) is 0 Å². The highest BCUT2D eigenvalue weighted by Gasteiger charge is 2.38. The van der Waals surface area contributed by atoms with Crippen molar-refractivity contribution in [3.63, 3.8) is 0 Å². The Balaban J connectivity index is 1.96. The van der Waals surface area contributed by atoms with Gasteiger partial charge in [-0.15, -0.1) is 0 Å². The highest BCUT2D eigenvalue weighted by Crippen LogP contribution is 2.42. The van der Waals surface area contributed by atoms with Crippen LogP contribution < -0.4 is 5.32 Å². The van der Waals surface area contributed by atoms with E-state index in [1.165, 1.54) is 23.9 Å². The van der Waals surface area contributed by atoms with Crippen LogP contribution in [0.25, 0.3) is 5.82 Å². The number of nitrogens with zero attached hydrogens (tertiary/aromatic N) is 3. The quantitative estimate of drug-likeness (QED) is 0.947. The van der Waals surface area contributed by atoms with Gasteiger partial charge in [-0.3, -0.25) is 4.79 Å². The fourth-order valence-electron chi connectivity index (χ4n) is 2.18. The van der Waals surface area contributed by atoms with Gasteiger partial charge in [-0.2, -0.15) is 18.3 Å². The van der Waals surface area contributed by atoms with Crippen LogP contribution in [0.4, 0.5) is 18.9 Å². The molecule has 8 heteroatoms. The molecule has 1 saturated carbocycles. The van der Waals surface area contributed by atoms with Crippen LogP contribution in [0.15, 0.2) is 24.4 Å². The molecular weight excluding hydrogens is 297 g/mol. The van der Waals surface area contributed by atoms with Crippen molar-refractivity contribution in [2.75, 3.05) is 5.32 Å². The lowest BCUT2D eigenvalue weighted by Gasteiger charge is -2.07. The molecule has 1 fully saturated rings. The topological polar surface area (TPSA) is 59.8 Å². The Morgan fingerprint density at radius 1 is 1.36 bits per heavy atom. The minimum atomic E-state index is -4.48. The van der Waals surface area contributed by atoms with E-state index in [2.05, 4.69) is 15.4 Å². The number of carbonyl (C=O) groups excluding carboxylic acids is 1. The van der Waals surface area contributed by atoms with Gasteiger partial charge in [0.25, 0.3) is 0 Å². The molecule has 1 aliphatic rings. The highest BCUT2D eigenvalue weighted by atomic mass is 19.4. The van der Waals surface area contributed by atoms with Crippen LogP contribution in [-0.2, 0) is 11.0 Å². The van der Waals surface area contributed by atoms with Crippen LogP contribution in [0.2, 0.25) is 0 Å². The first-order valence-electron chi connectivity index (χ1n) is 6.76. The van der Waals surface area contributed by atoms with Gasteiger partial charge in [0, 0.05) is 18.5 Å². The molecule has 2 heterocycles. The number of halogens is 3. The average molecular weight is 310 g/mol. The zero-order valence-corrected chi connectivity index (χ0v) is 11.7. The SMILES string of the molecule is CC(=O)Nc1ccc(-n2nc(C(F)(F)F)cc2C2CC2)nc1. The number of hydrogen-bond donors (Lipinski definition) is 1.